The molecule has 0 radical (unpaired) electrons. The quantitative estimate of drug-likeness (QED) is 0.437. The highest BCUT2D eigenvalue weighted by molar-refractivity contribution is 5.14. The van der Waals surface area contributed by atoms with Crippen molar-refractivity contribution < 1.29 is 9.47 Å². The van der Waals surface area contributed by atoms with Gasteiger partial charge in [0.1, 0.15) is 0 Å². The van der Waals surface area contributed by atoms with Gasteiger partial charge in [-0.2, -0.15) is 0 Å². The number of rotatable bonds is 14. The lowest BCUT2D eigenvalue weighted by Crippen LogP contribution is -2.07. The molecule has 2 nitrogen and oxygen atoms in total. The van der Waals surface area contributed by atoms with E-state index >= 15 is 0 Å². The molecule has 1 atom stereocenters. The van der Waals surface area contributed by atoms with Crippen LogP contribution in [0.3, 0.4) is 0 Å². The Labute approximate surface area is 137 Å². The lowest BCUT2D eigenvalue weighted by molar-refractivity contribution is 0.0477. The molecule has 22 heavy (non-hydrogen) atoms. The van der Waals surface area contributed by atoms with E-state index in [1.807, 2.05) is 6.92 Å². The van der Waals surface area contributed by atoms with Gasteiger partial charge in [-0.25, -0.2) is 0 Å². The third-order valence-electron chi connectivity index (χ3n) is 4.09. The van der Waals surface area contributed by atoms with E-state index in [2.05, 4.69) is 37.3 Å². The Balaban J connectivity index is 1.85. The van der Waals surface area contributed by atoms with Crippen molar-refractivity contribution in [1.82, 2.24) is 0 Å². The molecule has 0 aliphatic carbocycles. The van der Waals surface area contributed by atoms with Crippen molar-refractivity contribution in [1.29, 1.82) is 0 Å². The minimum atomic E-state index is 0.728. The molecule has 1 rings (SSSR count). The third kappa shape index (κ3) is 10.8. The van der Waals surface area contributed by atoms with Crippen LogP contribution in [0.2, 0.25) is 0 Å². The zero-order valence-corrected chi connectivity index (χ0v) is 14.6. The SMILES string of the molecule is CCOCCOCCC(C)CCCCCCc1ccccc1. The zero-order chi connectivity index (χ0) is 15.9. The van der Waals surface area contributed by atoms with Crippen molar-refractivity contribution in [2.24, 2.45) is 5.92 Å². The van der Waals surface area contributed by atoms with Gasteiger partial charge >= 0.3 is 0 Å². The molecule has 1 aromatic rings. The van der Waals surface area contributed by atoms with Gasteiger partial charge < -0.3 is 9.47 Å². The largest absolute Gasteiger partial charge is 0.379 e. The van der Waals surface area contributed by atoms with Crippen LogP contribution in [0.5, 0.6) is 0 Å². The Hall–Kier alpha value is -0.860. The highest BCUT2D eigenvalue weighted by Crippen LogP contribution is 2.15. The molecule has 0 N–H and O–H groups in total. The van der Waals surface area contributed by atoms with Crippen molar-refractivity contribution in [3.63, 3.8) is 0 Å². The van der Waals surface area contributed by atoms with Gasteiger partial charge in [0.05, 0.1) is 13.2 Å². The molecule has 0 saturated carbocycles. The molecule has 0 spiro atoms. The first-order valence-electron chi connectivity index (χ1n) is 9.02. The van der Waals surface area contributed by atoms with Gasteiger partial charge in [-0.3, -0.25) is 0 Å². The summed E-state index contributed by atoms with van der Waals surface area (Å²) in [5.74, 6) is 0.779. The van der Waals surface area contributed by atoms with E-state index in [0.29, 0.717) is 0 Å². The van der Waals surface area contributed by atoms with Crippen LogP contribution < -0.4 is 0 Å². The van der Waals surface area contributed by atoms with Crippen LogP contribution >= 0.6 is 0 Å². The fourth-order valence-corrected chi connectivity index (χ4v) is 2.61. The number of unbranched alkanes of at least 4 members (excludes halogenated alkanes) is 3. The maximum absolute atomic E-state index is 5.58. The summed E-state index contributed by atoms with van der Waals surface area (Å²) < 4.78 is 10.8. The average molecular weight is 306 g/mol. The van der Waals surface area contributed by atoms with E-state index in [4.69, 9.17) is 9.47 Å². The van der Waals surface area contributed by atoms with Gasteiger partial charge in [0.15, 0.2) is 0 Å². The first-order valence-corrected chi connectivity index (χ1v) is 9.02. The van der Waals surface area contributed by atoms with Crippen molar-refractivity contribution in [3.05, 3.63) is 35.9 Å². The van der Waals surface area contributed by atoms with Crippen molar-refractivity contribution in [2.75, 3.05) is 26.4 Å². The lowest BCUT2D eigenvalue weighted by Gasteiger charge is -2.11. The summed E-state index contributed by atoms with van der Waals surface area (Å²) in [6.07, 6.45) is 9.13. The number of hydrogen-bond donors (Lipinski definition) is 0. The highest BCUT2D eigenvalue weighted by atomic mass is 16.5. The minimum Gasteiger partial charge on any atom is -0.379 e. The summed E-state index contributed by atoms with van der Waals surface area (Å²) in [5, 5.41) is 0. The maximum atomic E-state index is 5.58. The second-order valence-electron chi connectivity index (χ2n) is 6.14. The maximum Gasteiger partial charge on any atom is 0.0700 e. The van der Waals surface area contributed by atoms with Crippen molar-refractivity contribution in [2.45, 2.75) is 58.8 Å². The summed E-state index contributed by atoms with van der Waals surface area (Å²) in [4.78, 5) is 0. The van der Waals surface area contributed by atoms with Crippen molar-refractivity contribution in [3.8, 4) is 0 Å². The van der Waals surface area contributed by atoms with Crippen LogP contribution in [0.25, 0.3) is 0 Å². The highest BCUT2D eigenvalue weighted by Gasteiger charge is 2.02. The van der Waals surface area contributed by atoms with Crippen molar-refractivity contribution >= 4 is 0 Å². The van der Waals surface area contributed by atoms with Crippen LogP contribution in [0.15, 0.2) is 30.3 Å². The Morgan fingerprint density at radius 1 is 0.818 bits per heavy atom. The van der Waals surface area contributed by atoms with E-state index in [-0.39, 0.29) is 0 Å². The van der Waals surface area contributed by atoms with Crippen LogP contribution in [0.1, 0.15) is 57.9 Å². The molecule has 0 aromatic heterocycles. The van der Waals surface area contributed by atoms with Crippen LogP contribution in [0.4, 0.5) is 0 Å². The fourth-order valence-electron chi connectivity index (χ4n) is 2.61. The lowest BCUT2D eigenvalue weighted by atomic mass is 9.99. The average Bonchev–Trinajstić information content (AvgIpc) is 2.55. The van der Waals surface area contributed by atoms with Crippen LogP contribution in [-0.2, 0) is 15.9 Å². The monoisotopic (exact) mass is 306 g/mol. The minimum absolute atomic E-state index is 0.728. The van der Waals surface area contributed by atoms with E-state index in [1.165, 1.54) is 50.5 Å². The van der Waals surface area contributed by atoms with Gasteiger partial charge in [0.25, 0.3) is 0 Å². The Morgan fingerprint density at radius 3 is 2.32 bits per heavy atom. The van der Waals surface area contributed by atoms with E-state index in [0.717, 1.165) is 32.3 Å². The van der Waals surface area contributed by atoms with Gasteiger partial charge in [0, 0.05) is 13.2 Å². The summed E-state index contributed by atoms with van der Waals surface area (Å²) in [6.45, 7) is 7.48. The summed E-state index contributed by atoms with van der Waals surface area (Å²) in [6, 6.07) is 10.8. The molecule has 0 heterocycles. The van der Waals surface area contributed by atoms with Gasteiger partial charge in [-0.05, 0) is 37.7 Å². The molecular weight excluding hydrogens is 272 g/mol. The zero-order valence-electron chi connectivity index (χ0n) is 14.6. The molecule has 0 bridgehead atoms. The molecular formula is C20H34O2. The molecule has 0 aliphatic rings. The first-order chi connectivity index (χ1) is 10.8. The van der Waals surface area contributed by atoms with Gasteiger partial charge in [0.2, 0.25) is 0 Å². The molecule has 0 aliphatic heterocycles. The standard InChI is InChI=1S/C20H34O2/c1-3-21-17-18-22-16-15-19(2)11-7-4-5-8-12-20-13-9-6-10-14-20/h6,9-10,13-14,19H,3-5,7-8,11-12,15-18H2,1-2H3. The molecule has 2 heteroatoms. The number of aryl methyl sites for hydroxylation is 1. The summed E-state index contributed by atoms with van der Waals surface area (Å²) in [7, 11) is 0. The smallest absolute Gasteiger partial charge is 0.0700 e. The number of benzene rings is 1. The Bertz CT molecular complexity index is 337. The predicted molar refractivity (Wildman–Crippen MR) is 94.3 cm³/mol. The van der Waals surface area contributed by atoms with Gasteiger partial charge in [-0.1, -0.05) is 62.9 Å². The number of ether oxygens (including phenoxy) is 2. The predicted octanol–water partition coefficient (Wildman–Crippen LogP) is 5.26. The molecule has 126 valence electrons. The van der Waals surface area contributed by atoms with Crippen LogP contribution in [0, 0.1) is 5.92 Å². The van der Waals surface area contributed by atoms with E-state index in [1.54, 1.807) is 0 Å². The Morgan fingerprint density at radius 2 is 1.55 bits per heavy atom. The molecule has 1 unspecified atom stereocenters. The second kappa shape index (κ2) is 13.8. The van der Waals surface area contributed by atoms with E-state index in [9.17, 15) is 0 Å². The second-order valence-corrected chi connectivity index (χ2v) is 6.14. The molecule has 1 aromatic carbocycles. The topological polar surface area (TPSA) is 18.5 Å². The van der Waals surface area contributed by atoms with Crippen LogP contribution in [-0.4, -0.2) is 26.4 Å². The van der Waals surface area contributed by atoms with Gasteiger partial charge in [-0.15, -0.1) is 0 Å². The molecule has 0 amide bonds. The normalized spacial score (nSPS) is 12.5. The third-order valence-corrected chi connectivity index (χ3v) is 4.09. The Kier molecular flexibility index (Phi) is 12.0. The fraction of sp³-hybridized carbons (Fsp3) is 0.700. The number of hydrogen-bond acceptors (Lipinski definition) is 2. The van der Waals surface area contributed by atoms with E-state index < -0.39 is 0 Å². The molecule has 0 fully saturated rings. The summed E-state index contributed by atoms with van der Waals surface area (Å²) in [5.41, 5.74) is 1.47. The summed E-state index contributed by atoms with van der Waals surface area (Å²) >= 11 is 0. The molecule has 0 saturated heterocycles. The first kappa shape index (κ1) is 19.2.